The molecule has 2 saturated heterocycles. The summed E-state index contributed by atoms with van der Waals surface area (Å²) in [6.07, 6.45) is 4.54. The monoisotopic (exact) mass is 224 g/mol. The zero-order valence-electron chi connectivity index (χ0n) is 9.87. The van der Waals surface area contributed by atoms with Crippen LogP contribution in [0, 0.1) is 5.92 Å². The summed E-state index contributed by atoms with van der Waals surface area (Å²) in [4.78, 5) is 25.3. The van der Waals surface area contributed by atoms with E-state index in [2.05, 4.69) is 12.2 Å². The number of nitrogens with one attached hydrogen (secondary N) is 1. The average Bonchev–Trinajstić information content (AvgIpc) is 2.77. The molecule has 0 radical (unpaired) electrons. The standard InChI is InChI=1S/C12H20N2O2/c1-2-10-4-3-7-14(10)12(16)9-5-6-11(15)13-8-9/h9-10H,2-8H2,1H3,(H,13,15). The van der Waals surface area contributed by atoms with Gasteiger partial charge in [-0.2, -0.15) is 0 Å². The first-order valence-electron chi connectivity index (χ1n) is 6.29. The van der Waals surface area contributed by atoms with Crippen LogP contribution in [0.2, 0.25) is 0 Å². The van der Waals surface area contributed by atoms with E-state index in [0.29, 0.717) is 19.0 Å². The summed E-state index contributed by atoms with van der Waals surface area (Å²) in [7, 11) is 0. The SMILES string of the molecule is CCC1CCCN1C(=O)C1CCC(=O)NC1. The summed E-state index contributed by atoms with van der Waals surface area (Å²) in [6, 6.07) is 0.435. The van der Waals surface area contributed by atoms with Crippen molar-refractivity contribution in [1.29, 1.82) is 0 Å². The van der Waals surface area contributed by atoms with Crippen LogP contribution in [0.5, 0.6) is 0 Å². The number of nitrogens with zero attached hydrogens (tertiary/aromatic N) is 1. The molecular formula is C12H20N2O2. The minimum Gasteiger partial charge on any atom is -0.355 e. The predicted octanol–water partition coefficient (Wildman–Crippen LogP) is 0.914. The van der Waals surface area contributed by atoms with Gasteiger partial charge in [-0.1, -0.05) is 6.92 Å². The summed E-state index contributed by atoms with van der Waals surface area (Å²) in [5.41, 5.74) is 0. The van der Waals surface area contributed by atoms with Crippen molar-refractivity contribution >= 4 is 11.8 Å². The number of likely N-dealkylation sites (tertiary alicyclic amines) is 1. The van der Waals surface area contributed by atoms with Gasteiger partial charge in [0, 0.05) is 25.6 Å². The van der Waals surface area contributed by atoms with Gasteiger partial charge in [0.2, 0.25) is 11.8 Å². The van der Waals surface area contributed by atoms with Crippen molar-refractivity contribution in [3.63, 3.8) is 0 Å². The number of piperidine rings is 1. The van der Waals surface area contributed by atoms with Crippen molar-refractivity contribution in [3.05, 3.63) is 0 Å². The highest BCUT2D eigenvalue weighted by molar-refractivity contribution is 5.84. The number of hydrogen-bond donors (Lipinski definition) is 1. The van der Waals surface area contributed by atoms with E-state index in [1.54, 1.807) is 0 Å². The molecule has 0 aromatic rings. The Morgan fingerprint density at radius 3 is 2.94 bits per heavy atom. The molecule has 2 atom stereocenters. The zero-order chi connectivity index (χ0) is 11.5. The second kappa shape index (κ2) is 4.85. The summed E-state index contributed by atoms with van der Waals surface area (Å²) in [5, 5.41) is 2.78. The van der Waals surface area contributed by atoms with Gasteiger partial charge in [-0.3, -0.25) is 9.59 Å². The molecule has 0 aromatic heterocycles. The van der Waals surface area contributed by atoms with Gasteiger partial charge in [0.25, 0.3) is 0 Å². The summed E-state index contributed by atoms with van der Waals surface area (Å²) in [6.45, 7) is 3.57. The van der Waals surface area contributed by atoms with Gasteiger partial charge in [0.1, 0.15) is 0 Å². The molecule has 0 bridgehead atoms. The van der Waals surface area contributed by atoms with Crippen LogP contribution in [0.3, 0.4) is 0 Å². The van der Waals surface area contributed by atoms with Crippen LogP contribution in [-0.2, 0) is 9.59 Å². The van der Waals surface area contributed by atoms with E-state index in [9.17, 15) is 9.59 Å². The number of amides is 2. The highest BCUT2D eigenvalue weighted by atomic mass is 16.2. The lowest BCUT2D eigenvalue weighted by atomic mass is 9.97. The lowest BCUT2D eigenvalue weighted by Crippen LogP contribution is -2.46. The molecule has 2 amide bonds. The molecule has 2 fully saturated rings. The van der Waals surface area contributed by atoms with Gasteiger partial charge < -0.3 is 10.2 Å². The number of rotatable bonds is 2. The Balaban J connectivity index is 1.94. The maximum atomic E-state index is 12.3. The van der Waals surface area contributed by atoms with Crippen molar-refractivity contribution in [2.45, 2.75) is 45.1 Å². The van der Waals surface area contributed by atoms with E-state index in [0.717, 1.165) is 32.2 Å². The van der Waals surface area contributed by atoms with E-state index >= 15 is 0 Å². The van der Waals surface area contributed by atoms with Crippen LogP contribution < -0.4 is 5.32 Å². The third kappa shape index (κ3) is 2.20. The molecule has 90 valence electrons. The molecule has 16 heavy (non-hydrogen) atoms. The first-order chi connectivity index (χ1) is 7.72. The number of carbonyl (C=O) groups is 2. The lowest BCUT2D eigenvalue weighted by Gasteiger charge is -2.30. The van der Waals surface area contributed by atoms with Crippen molar-refractivity contribution in [3.8, 4) is 0 Å². The van der Waals surface area contributed by atoms with Crippen LogP contribution in [-0.4, -0.2) is 35.8 Å². The Morgan fingerprint density at radius 1 is 1.50 bits per heavy atom. The van der Waals surface area contributed by atoms with E-state index in [1.165, 1.54) is 0 Å². The van der Waals surface area contributed by atoms with Gasteiger partial charge in [-0.25, -0.2) is 0 Å². The molecule has 2 aliphatic rings. The van der Waals surface area contributed by atoms with Gasteiger partial charge in [0.15, 0.2) is 0 Å². The molecule has 0 saturated carbocycles. The summed E-state index contributed by atoms with van der Waals surface area (Å²) < 4.78 is 0. The van der Waals surface area contributed by atoms with Crippen molar-refractivity contribution in [1.82, 2.24) is 10.2 Å². The molecule has 4 heteroatoms. The summed E-state index contributed by atoms with van der Waals surface area (Å²) >= 11 is 0. The molecule has 4 nitrogen and oxygen atoms in total. The van der Waals surface area contributed by atoms with Crippen molar-refractivity contribution in [2.24, 2.45) is 5.92 Å². The van der Waals surface area contributed by atoms with Gasteiger partial charge in [-0.05, 0) is 25.7 Å². The maximum absolute atomic E-state index is 12.3. The van der Waals surface area contributed by atoms with Crippen LogP contribution in [0.4, 0.5) is 0 Å². The average molecular weight is 224 g/mol. The molecule has 0 aromatic carbocycles. The minimum atomic E-state index is 0.0184. The molecule has 2 rings (SSSR count). The van der Waals surface area contributed by atoms with E-state index in [1.807, 2.05) is 4.90 Å². The topological polar surface area (TPSA) is 49.4 Å². The number of hydrogen-bond acceptors (Lipinski definition) is 2. The fraction of sp³-hybridized carbons (Fsp3) is 0.833. The minimum absolute atomic E-state index is 0.0184. The molecule has 1 N–H and O–H groups in total. The molecule has 0 spiro atoms. The quantitative estimate of drug-likeness (QED) is 0.758. The Labute approximate surface area is 96.4 Å². The first-order valence-corrected chi connectivity index (χ1v) is 6.29. The third-order valence-electron chi connectivity index (χ3n) is 3.75. The fourth-order valence-corrected chi connectivity index (χ4v) is 2.73. The number of carbonyl (C=O) groups excluding carboxylic acids is 2. The second-order valence-corrected chi connectivity index (χ2v) is 4.78. The Kier molecular flexibility index (Phi) is 3.46. The van der Waals surface area contributed by atoms with E-state index in [-0.39, 0.29) is 17.7 Å². The highest BCUT2D eigenvalue weighted by Gasteiger charge is 2.33. The van der Waals surface area contributed by atoms with Gasteiger partial charge >= 0.3 is 0 Å². The van der Waals surface area contributed by atoms with Crippen LogP contribution >= 0.6 is 0 Å². The Hall–Kier alpha value is -1.06. The Bertz CT molecular complexity index is 281. The van der Waals surface area contributed by atoms with E-state index < -0.39 is 0 Å². The predicted molar refractivity (Wildman–Crippen MR) is 60.8 cm³/mol. The largest absolute Gasteiger partial charge is 0.355 e. The zero-order valence-corrected chi connectivity index (χ0v) is 9.87. The normalized spacial score (nSPS) is 30.3. The molecular weight excluding hydrogens is 204 g/mol. The van der Waals surface area contributed by atoms with Crippen molar-refractivity contribution in [2.75, 3.05) is 13.1 Å². The molecule has 2 aliphatic heterocycles. The maximum Gasteiger partial charge on any atom is 0.227 e. The van der Waals surface area contributed by atoms with E-state index in [4.69, 9.17) is 0 Å². The first kappa shape index (κ1) is 11.4. The van der Waals surface area contributed by atoms with Crippen LogP contribution in [0.15, 0.2) is 0 Å². The van der Waals surface area contributed by atoms with Gasteiger partial charge in [0.05, 0.1) is 5.92 Å². The Morgan fingerprint density at radius 2 is 2.31 bits per heavy atom. The summed E-state index contributed by atoms with van der Waals surface area (Å²) in [5.74, 6) is 0.353. The van der Waals surface area contributed by atoms with Crippen LogP contribution in [0.25, 0.3) is 0 Å². The lowest BCUT2D eigenvalue weighted by molar-refractivity contribution is -0.138. The molecule has 0 aliphatic carbocycles. The van der Waals surface area contributed by atoms with Gasteiger partial charge in [-0.15, -0.1) is 0 Å². The molecule has 2 heterocycles. The van der Waals surface area contributed by atoms with Crippen molar-refractivity contribution < 1.29 is 9.59 Å². The molecule has 2 unspecified atom stereocenters. The fourth-order valence-electron chi connectivity index (χ4n) is 2.73. The smallest absolute Gasteiger partial charge is 0.227 e. The van der Waals surface area contributed by atoms with Crippen LogP contribution in [0.1, 0.15) is 39.0 Å². The third-order valence-corrected chi connectivity index (χ3v) is 3.75. The highest BCUT2D eigenvalue weighted by Crippen LogP contribution is 2.24. The second-order valence-electron chi connectivity index (χ2n) is 4.78.